The number of halogens is 5. The highest BCUT2D eigenvalue weighted by atomic mass is 35.5. The summed E-state index contributed by atoms with van der Waals surface area (Å²) in [5.74, 6) is 0. The predicted octanol–water partition coefficient (Wildman–Crippen LogP) is 4.01. The van der Waals surface area contributed by atoms with E-state index in [1.165, 1.54) is 12.1 Å². The van der Waals surface area contributed by atoms with Crippen molar-refractivity contribution in [1.82, 2.24) is 9.78 Å². The van der Waals surface area contributed by atoms with Gasteiger partial charge in [-0.05, 0) is 18.2 Å². The number of carbonyl (C=O) groups excluding carboxylic acids is 1. The third kappa shape index (κ3) is 2.59. The molecule has 0 saturated carbocycles. The molecule has 1 heterocycles. The minimum absolute atomic E-state index is 0.0647. The first-order chi connectivity index (χ1) is 8.84. The van der Waals surface area contributed by atoms with E-state index in [1.807, 2.05) is 0 Å². The Morgan fingerprint density at radius 2 is 1.95 bits per heavy atom. The van der Waals surface area contributed by atoms with Crippen LogP contribution in [-0.2, 0) is 6.18 Å². The van der Waals surface area contributed by atoms with E-state index in [-0.39, 0.29) is 21.6 Å². The van der Waals surface area contributed by atoms with Gasteiger partial charge in [0.25, 0.3) is 0 Å². The van der Waals surface area contributed by atoms with Crippen LogP contribution in [0.4, 0.5) is 13.2 Å². The molecule has 2 rings (SSSR count). The molecule has 0 bridgehead atoms. The number of carbonyl (C=O) groups is 1. The van der Waals surface area contributed by atoms with Gasteiger partial charge in [-0.25, -0.2) is 4.68 Å². The number of benzene rings is 1. The lowest BCUT2D eigenvalue weighted by molar-refractivity contribution is -0.137. The second-order valence-corrected chi connectivity index (χ2v) is 4.29. The Bertz CT molecular complexity index is 637. The topological polar surface area (TPSA) is 34.9 Å². The Balaban J connectivity index is 2.57. The van der Waals surface area contributed by atoms with Crippen molar-refractivity contribution < 1.29 is 18.0 Å². The molecule has 0 N–H and O–H groups in total. The molecular weight excluding hydrogens is 304 g/mol. The lowest BCUT2D eigenvalue weighted by Crippen LogP contribution is -2.06. The highest BCUT2D eigenvalue weighted by Gasteiger charge is 2.30. The molecule has 3 nitrogen and oxygen atoms in total. The van der Waals surface area contributed by atoms with E-state index >= 15 is 0 Å². The molecule has 0 fully saturated rings. The number of rotatable bonds is 2. The van der Waals surface area contributed by atoms with E-state index in [9.17, 15) is 18.0 Å². The molecular formula is C11H5Cl2F3N2O. The lowest BCUT2D eigenvalue weighted by Gasteiger charge is -2.09. The van der Waals surface area contributed by atoms with Crippen LogP contribution in [0.1, 0.15) is 15.9 Å². The first-order valence-corrected chi connectivity index (χ1v) is 5.67. The molecule has 0 aliphatic carbocycles. The SMILES string of the molecule is O=Cc1c(Cl)nn(-c2cccc(C(F)(F)F)c2)c1Cl. The maximum absolute atomic E-state index is 12.6. The van der Waals surface area contributed by atoms with Crippen LogP contribution in [0.25, 0.3) is 5.69 Å². The fourth-order valence-electron chi connectivity index (χ4n) is 1.47. The van der Waals surface area contributed by atoms with Gasteiger partial charge in [0.2, 0.25) is 0 Å². The monoisotopic (exact) mass is 308 g/mol. The van der Waals surface area contributed by atoms with Crippen LogP contribution in [0.15, 0.2) is 24.3 Å². The largest absolute Gasteiger partial charge is 0.416 e. The molecule has 1 aromatic carbocycles. The summed E-state index contributed by atoms with van der Waals surface area (Å²) in [6.45, 7) is 0. The van der Waals surface area contributed by atoms with Gasteiger partial charge in [-0.15, -0.1) is 0 Å². The molecule has 0 spiro atoms. The third-order valence-electron chi connectivity index (χ3n) is 2.35. The lowest BCUT2D eigenvalue weighted by atomic mass is 10.2. The molecule has 0 saturated heterocycles. The van der Waals surface area contributed by atoms with Gasteiger partial charge in [0.05, 0.1) is 16.8 Å². The first kappa shape index (κ1) is 13.9. The minimum atomic E-state index is -4.48. The zero-order valence-electron chi connectivity index (χ0n) is 9.08. The third-order valence-corrected chi connectivity index (χ3v) is 3.00. The molecule has 0 unspecified atom stereocenters. The molecule has 1 aromatic heterocycles. The Morgan fingerprint density at radius 1 is 1.26 bits per heavy atom. The fourth-order valence-corrected chi connectivity index (χ4v) is 1.99. The maximum atomic E-state index is 12.6. The van der Waals surface area contributed by atoms with E-state index in [2.05, 4.69) is 5.10 Å². The van der Waals surface area contributed by atoms with E-state index in [0.717, 1.165) is 16.8 Å². The molecule has 0 aliphatic heterocycles. The normalized spacial score (nSPS) is 11.6. The summed E-state index contributed by atoms with van der Waals surface area (Å²) in [6.07, 6.45) is -4.09. The summed E-state index contributed by atoms with van der Waals surface area (Å²) in [7, 11) is 0. The first-order valence-electron chi connectivity index (χ1n) is 4.91. The molecule has 0 aliphatic rings. The van der Waals surface area contributed by atoms with Crippen molar-refractivity contribution in [2.45, 2.75) is 6.18 Å². The van der Waals surface area contributed by atoms with Crippen molar-refractivity contribution in [2.24, 2.45) is 0 Å². The second-order valence-electron chi connectivity index (χ2n) is 3.57. The second kappa shape index (κ2) is 4.86. The van der Waals surface area contributed by atoms with Gasteiger partial charge >= 0.3 is 6.18 Å². The number of alkyl halides is 3. The molecule has 19 heavy (non-hydrogen) atoms. The summed E-state index contributed by atoms with van der Waals surface area (Å²) in [6, 6.07) is 4.37. The van der Waals surface area contributed by atoms with Crippen LogP contribution < -0.4 is 0 Å². The van der Waals surface area contributed by atoms with Gasteiger partial charge in [0.1, 0.15) is 5.15 Å². The molecule has 100 valence electrons. The number of hydrogen-bond donors (Lipinski definition) is 0. The van der Waals surface area contributed by atoms with Gasteiger partial charge in [-0.1, -0.05) is 29.3 Å². The van der Waals surface area contributed by atoms with Crippen molar-refractivity contribution in [2.75, 3.05) is 0 Å². The van der Waals surface area contributed by atoms with Crippen molar-refractivity contribution in [3.63, 3.8) is 0 Å². The molecule has 8 heteroatoms. The van der Waals surface area contributed by atoms with Gasteiger partial charge in [-0.2, -0.15) is 18.3 Å². The van der Waals surface area contributed by atoms with Crippen molar-refractivity contribution in [3.8, 4) is 5.69 Å². The van der Waals surface area contributed by atoms with E-state index in [0.29, 0.717) is 6.29 Å². The van der Waals surface area contributed by atoms with Gasteiger partial charge in [0, 0.05) is 0 Å². The van der Waals surface area contributed by atoms with E-state index in [4.69, 9.17) is 23.2 Å². The van der Waals surface area contributed by atoms with Crippen LogP contribution in [0.2, 0.25) is 10.3 Å². The summed E-state index contributed by atoms with van der Waals surface area (Å²) >= 11 is 11.5. The Morgan fingerprint density at radius 3 is 2.47 bits per heavy atom. The quantitative estimate of drug-likeness (QED) is 0.786. The summed E-state index contributed by atoms with van der Waals surface area (Å²) in [5.41, 5.74) is -0.851. The standard InChI is InChI=1S/C11H5Cl2F3N2O/c12-9-8(5-19)10(13)18(17-9)7-3-1-2-6(4-7)11(14,15)16/h1-5H. The minimum Gasteiger partial charge on any atom is -0.298 e. The van der Waals surface area contributed by atoms with Gasteiger partial charge < -0.3 is 0 Å². The average molecular weight is 309 g/mol. The van der Waals surface area contributed by atoms with Gasteiger partial charge in [0.15, 0.2) is 11.4 Å². The smallest absolute Gasteiger partial charge is 0.298 e. The summed E-state index contributed by atoms with van der Waals surface area (Å²) in [4.78, 5) is 10.7. The van der Waals surface area contributed by atoms with Crippen LogP contribution >= 0.6 is 23.2 Å². The molecule has 0 radical (unpaired) electrons. The Kier molecular flexibility index (Phi) is 3.56. The Hall–Kier alpha value is -1.53. The van der Waals surface area contributed by atoms with E-state index in [1.54, 1.807) is 0 Å². The highest BCUT2D eigenvalue weighted by molar-refractivity contribution is 6.37. The van der Waals surface area contributed by atoms with Crippen molar-refractivity contribution >= 4 is 29.5 Å². The number of aldehydes is 1. The van der Waals surface area contributed by atoms with Crippen LogP contribution in [0, 0.1) is 0 Å². The fraction of sp³-hybridized carbons (Fsp3) is 0.0909. The summed E-state index contributed by atoms with van der Waals surface area (Å²) in [5, 5.41) is 3.42. The average Bonchev–Trinajstić information content (AvgIpc) is 2.63. The summed E-state index contributed by atoms with van der Waals surface area (Å²) < 4.78 is 38.7. The van der Waals surface area contributed by atoms with Crippen LogP contribution in [0.5, 0.6) is 0 Å². The zero-order valence-corrected chi connectivity index (χ0v) is 10.6. The van der Waals surface area contributed by atoms with Crippen LogP contribution in [0.3, 0.4) is 0 Å². The highest BCUT2D eigenvalue weighted by Crippen LogP contribution is 2.32. The van der Waals surface area contributed by atoms with Crippen LogP contribution in [-0.4, -0.2) is 16.1 Å². The molecule has 0 amide bonds. The predicted molar refractivity (Wildman–Crippen MR) is 64.0 cm³/mol. The van der Waals surface area contributed by atoms with E-state index < -0.39 is 11.7 Å². The number of nitrogens with zero attached hydrogens (tertiary/aromatic N) is 2. The van der Waals surface area contributed by atoms with Crippen molar-refractivity contribution in [1.29, 1.82) is 0 Å². The molecule has 0 atom stereocenters. The molecule has 2 aromatic rings. The Labute approximate surface area is 115 Å². The van der Waals surface area contributed by atoms with Gasteiger partial charge in [-0.3, -0.25) is 4.79 Å². The zero-order chi connectivity index (χ0) is 14.2. The number of aromatic nitrogens is 2. The maximum Gasteiger partial charge on any atom is 0.416 e. The number of hydrogen-bond acceptors (Lipinski definition) is 2. The van der Waals surface area contributed by atoms with Crippen molar-refractivity contribution in [3.05, 3.63) is 45.7 Å².